The number of halogens is 6. The quantitative estimate of drug-likeness (QED) is 0.779. The van der Waals surface area contributed by atoms with Crippen LogP contribution in [0.25, 0.3) is 0 Å². The van der Waals surface area contributed by atoms with Crippen LogP contribution in [0.15, 0.2) is 16.7 Å². The van der Waals surface area contributed by atoms with Gasteiger partial charge in [-0.05, 0) is 15.9 Å². The number of nitrogens with zero attached hydrogens (tertiary/aromatic N) is 1. The summed E-state index contributed by atoms with van der Waals surface area (Å²) >= 11 is 2.59. The largest absolute Gasteiger partial charge is 0.418 e. The first-order valence-corrected chi connectivity index (χ1v) is 4.27. The van der Waals surface area contributed by atoms with Crippen molar-refractivity contribution in [2.45, 2.75) is 12.8 Å². The number of pyridine rings is 1. The first-order chi connectivity index (χ1) is 6.80. The maximum absolute atomic E-state index is 12.2. The van der Waals surface area contributed by atoms with E-state index in [-0.39, 0.29) is 0 Å². The van der Waals surface area contributed by atoms with Gasteiger partial charge in [0.05, 0.1) is 5.56 Å². The molecule has 2 nitrogen and oxygen atoms in total. The van der Waals surface area contributed by atoms with Gasteiger partial charge in [0, 0.05) is 16.7 Å². The monoisotopic (exact) mass is 291 g/mol. The Morgan fingerprint density at radius 3 is 2.33 bits per heavy atom. The number of hydrogen-bond donors (Lipinski definition) is 0. The Morgan fingerprint density at radius 2 is 1.93 bits per heavy atom. The van der Waals surface area contributed by atoms with Gasteiger partial charge < -0.3 is 4.74 Å². The molecule has 0 aliphatic heterocycles. The predicted molar refractivity (Wildman–Crippen MR) is 43.6 cm³/mol. The maximum atomic E-state index is 12.2. The van der Waals surface area contributed by atoms with Gasteiger partial charge in [-0.2, -0.15) is 22.0 Å². The molecule has 0 bridgehead atoms. The van der Waals surface area contributed by atoms with E-state index in [1.165, 1.54) is 0 Å². The molecule has 15 heavy (non-hydrogen) atoms. The van der Waals surface area contributed by atoms with Crippen LogP contribution in [0.1, 0.15) is 5.56 Å². The number of ether oxygens (including phenoxy) is 1. The first kappa shape index (κ1) is 12.2. The first-order valence-electron chi connectivity index (χ1n) is 3.48. The molecule has 84 valence electrons. The van der Waals surface area contributed by atoms with Gasteiger partial charge in [0.1, 0.15) is 0 Å². The topological polar surface area (TPSA) is 22.1 Å². The molecule has 1 heterocycles. The Hall–Kier alpha value is -0.920. The third-order valence-electron chi connectivity index (χ3n) is 1.34. The van der Waals surface area contributed by atoms with Crippen LogP contribution in [0.2, 0.25) is 0 Å². The highest BCUT2D eigenvalue weighted by Gasteiger charge is 2.33. The zero-order valence-electron chi connectivity index (χ0n) is 6.86. The third-order valence-corrected chi connectivity index (χ3v) is 2.00. The van der Waals surface area contributed by atoms with Crippen molar-refractivity contribution >= 4 is 15.9 Å². The van der Waals surface area contributed by atoms with Gasteiger partial charge in [0.25, 0.3) is 0 Å². The minimum atomic E-state index is -4.59. The average Bonchev–Trinajstić information content (AvgIpc) is 1.99. The molecule has 0 saturated heterocycles. The van der Waals surface area contributed by atoms with E-state index in [2.05, 4.69) is 25.7 Å². The van der Waals surface area contributed by atoms with Crippen molar-refractivity contribution in [2.75, 3.05) is 0 Å². The number of aromatic nitrogens is 1. The van der Waals surface area contributed by atoms with E-state index in [1.54, 1.807) is 0 Å². The minimum Gasteiger partial charge on any atom is -0.417 e. The van der Waals surface area contributed by atoms with Gasteiger partial charge in [0.2, 0.25) is 5.88 Å². The maximum Gasteiger partial charge on any atom is 0.418 e. The molecule has 1 rings (SSSR count). The summed E-state index contributed by atoms with van der Waals surface area (Å²) in [5.74, 6) is -0.579. The van der Waals surface area contributed by atoms with E-state index in [0.717, 1.165) is 6.07 Å². The molecule has 0 aliphatic carbocycles. The van der Waals surface area contributed by atoms with Crippen LogP contribution in [0, 0.1) is 0 Å². The summed E-state index contributed by atoms with van der Waals surface area (Å²) in [5.41, 5.74) is -1.05. The lowest BCUT2D eigenvalue weighted by Crippen LogP contribution is -2.09. The summed E-state index contributed by atoms with van der Waals surface area (Å²) in [6, 6.07) is 0.731. The molecule has 0 unspecified atom stereocenters. The summed E-state index contributed by atoms with van der Waals surface area (Å²) in [6.45, 7) is -3.12. The van der Waals surface area contributed by atoms with Gasteiger partial charge >= 0.3 is 12.8 Å². The molecule has 0 N–H and O–H groups in total. The Bertz CT molecular complexity index is 354. The second kappa shape index (κ2) is 4.30. The minimum absolute atomic E-state index is 0.402. The number of hydrogen-bond acceptors (Lipinski definition) is 2. The fraction of sp³-hybridized carbons (Fsp3) is 0.286. The average molecular weight is 292 g/mol. The van der Waals surface area contributed by atoms with Crippen molar-refractivity contribution in [3.05, 3.63) is 22.3 Å². The highest BCUT2D eigenvalue weighted by atomic mass is 79.9. The molecule has 8 heteroatoms. The third kappa shape index (κ3) is 3.29. The molecular formula is C7H3BrF5NO. The van der Waals surface area contributed by atoms with Crippen LogP contribution >= 0.6 is 15.9 Å². The van der Waals surface area contributed by atoms with Crippen LogP contribution in [0.3, 0.4) is 0 Å². The van der Waals surface area contributed by atoms with Crippen molar-refractivity contribution in [3.8, 4) is 5.88 Å². The van der Waals surface area contributed by atoms with Gasteiger partial charge in [-0.3, -0.25) is 0 Å². The molecular weight excluding hydrogens is 289 g/mol. The summed E-state index contributed by atoms with van der Waals surface area (Å²) in [4.78, 5) is 3.09. The molecule has 0 radical (unpaired) electrons. The smallest absolute Gasteiger partial charge is 0.417 e. The standard InChI is InChI=1S/C7H3BrF5NO/c8-4-1-5(15-6(9)10)14-2-3(4)7(11,12)13/h1-2,6H. The van der Waals surface area contributed by atoms with Gasteiger partial charge in [-0.15, -0.1) is 0 Å². The lowest BCUT2D eigenvalue weighted by Gasteiger charge is -2.09. The van der Waals surface area contributed by atoms with Crippen LogP contribution in [0.5, 0.6) is 5.88 Å². The van der Waals surface area contributed by atoms with Gasteiger partial charge in [-0.1, -0.05) is 0 Å². The van der Waals surface area contributed by atoms with Gasteiger partial charge in [0.15, 0.2) is 0 Å². The Morgan fingerprint density at radius 1 is 1.33 bits per heavy atom. The van der Waals surface area contributed by atoms with E-state index in [0.29, 0.717) is 6.20 Å². The fourth-order valence-electron chi connectivity index (χ4n) is 0.778. The zero-order chi connectivity index (χ0) is 11.6. The SMILES string of the molecule is FC(F)Oc1cc(Br)c(C(F)(F)F)cn1. The summed E-state index contributed by atoms with van der Waals surface area (Å²) in [5, 5.41) is 0. The van der Waals surface area contributed by atoms with Crippen molar-refractivity contribution in [2.24, 2.45) is 0 Å². The van der Waals surface area contributed by atoms with Crippen molar-refractivity contribution < 1.29 is 26.7 Å². The van der Waals surface area contributed by atoms with E-state index in [1.807, 2.05) is 0 Å². The highest BCUT2D eigenvalue weighted by Crippen LogP contribution is 2.35. The van der Waals surface area contributed by atoms with E-state index in [9.17, 15) is 22.0 Å². The number of rotatable bonds is 2. The van der Waals surface area contributed by atoms with E-state index in [4.69, 9.17) is 0 Å². The van der Waals surface area contributed by atoms with E-state index < -0.39 is 28.7 Å². The molecule has 0 atom stereocenters. The molecule has 0 aliphatic rings. The molecule has 0 saturated carbocycles. The Balaban J connectivity index is 2.99. The predicted octanol–water partition coefficient (Wildman–Crippen LogP) is 3.46. The summed E-state index contributed by atoms with van der Waals surface area (Å²) < 4.78 is 63.3. The van der Waals surface area contributed by atoms with E-state index >= 15 is 0 Å². The lowest BCUT2D eigenvalue weighted by molar-refractivity contribution is -0.138. The summed E-state index contributed by atoms with van der Waals surface area (Å²) in [6.07, 6.45) is -4.17. The molecule has 0 fully saturated rings. The Labute approximate surface area is 89.2 Å². The summed E-state index contributed by atoms with van der Waals surface area (Å²) in [7, 11) is 0. The van der Waals surface area contributed by atoms with Crippen molar-refractivity contribution in [3.63, 3.8) is 0 Å². The second-order valence-electron chi connectivity index (χ2n) is 2.38. The van der Waals surface area contributed by atoms with Crippen molar-refractivity contribution in [1.82, 2.24) is 4.98 Å². The van der Waals surface area contributed by atoms with Crippen LogP contribution in [-0.4, -0.2) is 11.6 Å². The van der Waals surface area contributed by atoms with Crippen molar-refractivity contribution in [1.29, 1.82) is 0 Å². The molecule has 1 aromatic heterocycles. The van der Waals surface area contributed by atoms with Crippen LogP contribution in [0.4, 0.5) is 22.0 Å². The highest BCUT2D eigenvalue weighted by molar-refractivity contribution is 9.10. The van der Waals surface area contributed by atoms with Crippen LogP contribution < -0.4 is 4.74 Å². The zero-order valence-corrected chi connectivity index (χ0v) is 8.44. The number of alkyl halides is 5. The fourth-order valence-corrected chi connectivity index (χ4v) is 1.30. The molecule has 0 spiro atoms. The second-order valence-corrected chi connectivity index (χ2v) is 3.23. The Kier molecular flexibility index (Phi) is 3.48. The molecule has 0 aromatic carbocycles. The lowest BCUT2D eigenvalue weighted by atomic mass is 10.3. The molecule has 1 aromatic rings. The van der Waals surface area contributed by atoms with Crippen LogP contribution in [-0.2, 0) is 6.18 Å². The van der Waals surface area contributed by atoms with Gasteiger partial charge in [-0.25, -0.2) is 4.98 Å². The molecule has 0 amide bonds. The normalized spacial score (nSPS) is 11.9.